The van der Waals surface area contributed by atoms with Crippen LogP contribution in [0, 0.1) is 5.82 Å². The van der Waals surface area contributed by atoms with Crippen LogP contribution in [-0.2, 0) is 14.3 Å². The Bertz CT molecular complexity index is 1130. The Labute approximate surface area is 169 Å². The first-order chi connectivity index (χ1) is 13.9. The Balaban J connectivity index is 1.51. The molecule has 2 heterocycles. The van der Waals surface area contributed by atoms with E-state index in [1.807, 2.05) is 0 Å². The van der Waals surface area contributed by atoms with Gasteiger partial charge in [-0.25, -0.2) is 9.18 Å². The van der Waals surface area contributed by atoms with Crippen LogP contribution in [0.3, 0.4) is 0 Å². The molecule has 1 aromatic heterocycles. The summed E-state index contributed by atoms with van der Waals surface area (Å²) in [6, 6.07) is 12.4. The fraction of sp³-hybridized carbons (Fsp3) is 0.190. The lowest BCUT2D eigenvalue weighted by Gasteiger charge is -2.27. The quantitative estimate of drug-likeness (QED) is 0.661. The van der Waals surface area contributed by atoms with Gasteiger partial charge in [-0.05, 0) is 48.7 Å². The zero-order valence-corrected chi connectivity index (χ0v) is 16.3. The number of ether oxygens (including phenoxy) is 1. The number of amides is 2. The van der Waals surface area contributed by atoms with Gasteiger partial charge in [0.05, 0.1) is 11.4 Å². The molecule has 148 valence electrons. The second kappa shape index (κ2) is 7.63. The highest BCUT2D eigenvalue weighted by Gasteiger charge is 2.30. The van der Waals surface area contributed by atoms with Gasteiger partial charge < -0.3 is 15.0 Å². The normalized spacial score (nSPS) is 16.1. The van der Waals surface area contributed by atoms with Crippen LogP contribution in [0.4, 0.5) is 15.8 Å². The number of thiophene rings is 1. The summed E-state index contributed by atoms with van der Waals surface area (Å²) in [6.45, 7) is 1.30. The molecule has 1 N–H and O–H groups in total. The van der Waals surface area contributed by atoms with Crippen LogP contribution in [-0.4, -0.2) is 30.4 Å². The molecular formula is C21H17FN2O4S. The standard InChI is InChI=1S/C21H17FN2O4S/c1-12-8-19(25)23-15-4-2-3-5-16(15)24(12)20(26)11-28-21(27)18-10-13-9-14(22)6-7-17(13)29-18/h2-7,9-10,12H,8,11H2,1H3,(H,23,25)/t12-/m0/s1. The number of esters is 1. The molecule has 6 nitrogen and oxygen atoms in total. The Morgan fingerprint density at radius 2 is 2.03 bits per heavy atom. The predicted molar refractivity (Wildman–Crippen MR) is 109 cm³/mol. The molecule has 4 rings (SSSR count). The smallest absolute Gasteiger partial charge is 0.348 e. The van der Waals surface area contributed by atoms with E-state index in [-0.39, 0.29) is 18.1 Å². The summed E-state index contributed by atoms with van der Waals surface area (Å²) < 4.78 is 19.3. The number of carbonyl (C=O) groups excluding carboxylic acids is 3. The Hall–Kier alpha value is -3.26. The van der Waals surface area contributed by atoms with Crippen molar-refractivity contribution in [2.75, 3.05) is 16.8 Å². The zero-order valence-electron chi connectivity index (χ0n) is 15.5. The maximum atomic E-state index is 13.3. The molecule has 0 bridgehead atoms. The number of anilines is 2. The van der Waals surface area contributed by atoms with Crippen LogP contribution in [0.15, 0.2) is 48.5 Å². The van der Waals surface area contributed by atoms with Gasteiger partial charge in [0.15, 0.2) is 6.61 Å². The Morgan fingerprint density at radius 3 is 2.86 bits per heavy atom. The molecule has 0 spiro atoms. The van der Waals surface area contributed by atoms with E-state index < -0.39 is 24.5 Å². The van der Waals surface area contributed by atoms with Gasteiger partial charge in [-0.15, -0.1) is 11.3 Å². The highest BCUT2D eigenvalue weighted by Crippen LogP contribution is 2.31. The van der Waals surface area contributed by atoms with Gasteiger partial charge in [0, 0.05) is 17.2 Å². The van der Waals surface area contributed by atoms with Crippen molar-refractivity contribution >= 4 is 50.6 Å². The number of nitrogens with zero attached hydrogens (tertiary/aromatic N) is 1. The average Bonchev–Trinajstić information content (AvgIpc) is 3.05. The van der Waals surface area contributed by atoms with Crippen molar-refractivity contribution in [3.63, 3.8) is 0 Å². The molecule has 3 aromatic rings. The number of nitrogens with one attached hydrogen (secondary N) is 1. The topological polar surface area (TPSA) is 75.7 Å². The van der Waals surface area contributed by atoms with E-state index in [0.717, 1.165) is 4.70 Å². The van der Waals surface area contributed by atoms with Gasteiger partial charge in [0.25, 0.3) is 5.91 Å². The van der Waals surface area contributed by atoms with Crippen molar-refractivity contribution in [3.8, 4) is 0 Å². The van der Waals surface area contributed by atoms with Crippen molar-refractivity contribution in [2.24, 2.45) is 0 Å². The third-order valence-electron chi connectivity index (χ3n) is 4.63. The van der Waals surface area contributed by atoms with E-state index in [0.29, 0.717) is 21.6 Å². The summed E-state index contributed by atoms with van der Waals surface area (Å²) in [5.74, 6) is -1.65. The summed E-state index contributed by atoms with van der Waals surface area (Å²) in [4.78, 5) is 39.0. The van der Waals surface area contributed by atoms with Gasteiger partial charge in [-0.2, -0.15) is 0 Å². The SMILES string of the molecule is C[C@H]1CC(=O)Nc2ccccc2N1C(=O)COC(=O)c1cc2cc(F)ccc2s1. The fourth-order valence-corrected chi connectivity index (χ4v) is 4.29. The van der Waals surface area contributed by atoms with Gasteiger partial charge in [-0.1, -0.05) is 12.1 Å². The second-order valence-electron chi connectivity index (χ2n) is 6.75. The predicted octanol–water partition coefficient (Wildman–Crippen LogP) is 3.96. The molecule has 2 aromatic carbocycles. The number of carbonyl (C=O) groups is 3. The molecule has 0 aliphatic carbocycles. The van der Waals surface area contributed by atoms with E-state index >= 15 is 0 Å². The van der Waals surface area contributed by atoms with Crippen molar-refractivity contribution in [1.82, 2.24) is 0 Å². The lowest BCUT2D eigenvalue weighted by atomic mass is 10.1. The molecule has 2 amide bonds. The molecule has 0 unspecified atom stereocenters. The van der Waals surface area contributed by atoms with Crippen molar-refractivity contribution in [2.45, 2.75) is 19.4 Å². The highest BCUT2D eigenvalue weighted by molar-refractivity contribution is 7.20. The third kappa shape index (κ3) is 3.84. The molecule has 1 aliphatic heterocycles. The molecule has 0 saturated heterocycles. The molecule has 0 radical (unpaired) electrons. The number of halogens is 1. The van der Waals surface area contributed by atoms with Crippen molar-refractivity contribution < 1.29 is 23.5 Å². The van der Waals surface area contributed by atoms with Crippen LogP contribution in [0.25, 0.3) is 10.1 Å². The summed E-state index contributed by atoms with van der Waals surface area (Å²) in [7, 11) is 0. The average molecular weight is 412 g/mol. The van der Waals surface area contributed by atoms with Crippen LogP contribution >= 0.6 is 11.3 Å². The van der Waals surface area contributed by atoms with E-state index in [9.17, 15) is 18.8 Å². The lowest BCUT2D eigenvalue weighted by molar-refractivity contribution is -0.122. The second-order valence-corrected chi connectivity index (χ2v) is 7.83. The van der Waals surface area contributed by atoms with Crippen LogP contribution < -0.4 is 10.2 Å². The third-order valence-corrected chi connectivity index (χ3v) is 5.73. The van der Waals surface area contributed by atoms with Gasteiger partial charge in [0.2, 0.25) is 5.91 Å². The van der Waals surface area contributed by atoms with E-state index in [1.54, 1.807) is 43.3 Å². The van der Waals surface area contributed by atoms with Crippen LogP contribution in [0.1, 0.15) is 23.0 Å². The Morgan fingerprint density at radius 1 is 1.24 bits per heavy atom. The summed E-state index contributed by atoms with van der Waals surface area (Å²) in [6.07, 6.45) is 0.135. The number of hydrogen-bond donors (Lipinski definition) is 1. The number of fused-ring (bicyclic) bond motifs is 2. The number of hydrogen-bond acceptors (Lipinski definition) is 5. The highest BCUT2D eigenvalue weighted by atomic mass is 32.1. The molecule has 1 aliphatic rings. The minimum atomic E-state index is -0.648. The first-order valence-electron chi connectivity index (χ1n) is 8.99. The first kappa shape index (κ1) is 19.1. The number of rotatable bonds is 3. The van der Waals surface area contributed by atoms with Gasteiger partial charge in [-0.3, -0.25) is 9.59 Å². The molecule has 0 fully saturated rings. The van der Waals surface area contributed by atoms with Crippen molar-refractivity contribution in [3.05, 3.63) is 59.2 Å². The molecule has 1 atom stereocenters. The maximum Gasteiger partial charge on any atom is 0.348 e. The monoisotopic (exact) mass is 412 g/mol. The summed E-state index contributed by atoms with van der Waals surface area (Å²) in [5, 5.41) is 3.38. The van der Waals surface area contributed by atoms with Crippen molar-refractivity contribution in [1.29, 1.82) is 0 Å². The van der Waals surface area contributed by atoms with Crippen LogP contribution in [0.2, 0.25) is 0 Å². The van der Waals surface area contributed by atoms with Gasteiger partial charge in [0.1, 0.15) is 10.7 Å². The molecule has 8 heteroatoms. The summed E-state index contributed by atoms with van der Waals surface area (Å²) >= 11 is 1.17. The number of para-hydroxylation sites is 2. The fourth-order valence-electron chi connectivity index (χ4n) is 3.35. The zero-order chi connectivity index (χ0) is 20.5. The van der Waals surface area contributed by atoms with Gasteiger partial charge >= 0.3 is 5.97 Å². The molecule has 29 heavy (non-hydrogen) atoms. The maximum absolute atomic E-state index is 13.3. The number of benzene rings is 2. The Kier molecular flexibility index (Phi) is 5.02. The molecular weight excluding hydrogens is 395 g/mol. The molecule has 0 saturated carbocycles. The summed E-state index contributed by atoms with van der Waals surface area (Å²) in [5.41, 5.74) is 1.09. The van der Waals surface area contributed by atoms with Crippen LogP contribution in [0.5, 0.6) is 0 Å². The minimum absolute atomic E-state index is 0.135. The first-order valence-corrected chi connectivity index (χ1v) is 9.81. The largest absolute Gasteiger partial charge is 0.451 e. The lowest BCUT2D eigenvalue weighted by Crippen LogP contribution is -2.41. The van der Waals surface area contributed by atoms with E-state index in [1.165, 1.54) is 28.4 Å². The van der Waals surface area contributed by atoms with E-state index in [2.05, 4.69) is 5.32 Å². The van der Waals surface area contributed by atoms with E-state index in [4.69, 9.17) is 4.74 Å². The minimum Gasteiger partial charge on any atom is -0.451 e.